The molecule has 0 aliphatic rings. The normalized spacial score (nSPS) is 10.9. The first kappa shape index (κ1) is 24.8. The Balaban J connectivity index is 1.66. The number of ether oxygens (including phenoxy) is 2. The molecule has 0 aliphatic heterocycles. The van der Waals surface area contributed by atoms with Crippen molar-refractivity contribution in [2.45, 2.75) is 12.5 Å². The van der Waals surface area contributed by atoms with E-state index < -0.39 is 17.9 Å². The number of esters is 1. The fraction of sp³-hybridized carbons (Fsp3) is 0.167. The van der Waals surface area contributed by atoms with E-state index in [0.29, 0.717) is 11.7 Å². The van der Waals surface area contributed by atoms with E-state index in [-0.39, 0.29) is 22.0 Å². The third-order valence-corrected chi connectivity index (χ3v) is 5.16. The molecule has 1 aromatic heterocycles. The summed E-state index contributed by atoms with van der Waals surface area (Å²) in [5.41, 5.74) is 1.59. The molecule has 0 aliphatic carbocycles. The zero-order valence-corrected chi connectivity index (χ0v) is 19.8. The molecule has 0 spiro atoms. The largest absolute Gasteiger partial charge is 0.481 e. The highest BCUT2D eigenvalue weighted by Gasteiger charge is 2.23. The lowest BCUT2D eigenvalue weighted by Crippen LogP contribution is -2.41. The smallest absolute Gasteiger partial charge is 0.329 e. The Kier molecular flexibility index (Phi) is 8.68. The lowest BCUT2D eigenvalue weighted by molar-refractivity contribution is -0.142. The van der Waals surface area contributed by atoms with E-state index in [1.165, 1.54) is 32.7 Å². The van der Waals surface area contributed by atoms with E-state index in [9.17, 15) is 9.59 Å². The van der Waals surface area contributed by atoms with Gasteiger partial charge in [0.25, 0.3) is 5.91 Å². The number of aromatic nitrogens is 2. The van der Waals surface area contributed by atoms with Crippen molar-refractivity contribution in [3.05, 3.63) is 76.0 Å². The number of carbonyl (C=O) groups excluding carboxylic acids is 2. The number of carbonyl (C=O) groups is 2. The molecule has 0 radical (unpaired) electrons. The number of methoxy groups -OCH3 is 2. The number of hydrogen-bond donors (Lipinski definition) is 2. The Bertz CT molecular complexity index is 1220. The van der Waals surface area contributed by atoms with Crippen LogP contribution in [0.4, 0.5) is 11.5 Å². The molecule has 3 rings (SSSR count). The highest BCUT2D eigenvalue weighted by molar-refractivity contribution is 6.39. The van der Waals surface area contributed by atoms with Gasteiger partial charge in [-0.2, -0.15) is 0 Å². The Morgan fingerprint density at radius 1 is 1.06 bits per heavy atom. The van der Waals surface area contributed by atoms with Crippen LogP contribution in [-0.4, -0.2) is 42.1 Å². The van der Waals surface area contributed by atoms with Crippen molar-refractivity contribution in [1.82, 2.24) is 15.3 Å². The van der Waals surface area contributed by atoms with Crippen molar-refractivity contribution in [2.24, 2.45) is 0 Å². The zero-order valence-electron chi connectivity index (χ0n) is 18.3. The van der Waals surface area contributed by atoms with E-state index in [4.69, 9.17) is 32.7 Å². The van der Waals surface area contributed by atoms with Gasteiger partial charge in [-0.05, 0) is 36.4 Å². The van der Waals surface area contributed by atoms with Gasteiger partial charge in [-0.15, -0.1) is 0 Å². The van der Waals surface area contributed by atoms with Crippen LogP contribution in [0.15, 0.2) is 54.9 Å². The summed E-state index contributed by atoms with van der Waals surface area (Å²) < 4.78 is 9.87. The molecular formula is C24H20Cl2N4O4. The van der Waals surface area contributed by atoms with Gasteiger partial charge in [-0.1, -0.05) is 41.1 Å². The first-order valence-electron chi connectivity index (χ1n) is 9.96. The van der Waals surface area contributed by atoms with E-state index >= 15 is 0 Å². The molecule has 1 atom stereocenters. The number of amides is 1. The van der Waals surface area contributed by atoms with Crippen molar-refractivity contribution in [2.75, 3.05) is 19.5 Å². The summed E-state index contributed by atoms with van der Waals surface area (Å²) in [6, 6.07) is 12.7. The monoisotopic (exact) mass is 498 g/mol. The first-order chi connectivity index (χ1) is 16.4. The van der Waals surface area contributed by atoms with Gasteiger partial charge in [-0.3, -0.25) is 4.79 Å². The molecule has 0 saturated heterocycles. The molecule has 0 saturated carbocycles. The molecule has 0 fully saturated rings. The van der Waals surface area contributed by atoms with Gasteiger partial charge in [0.2, 0.25) is 5.88 Å². The Morgan fingerprint density at radius 3 is 2.41 bits per heavy atom. The predicted molar refractivity (Wildman–Crippen MR) is 130 cm³/mol. The maximum absolute atomic E-state index is 12.6. The number of nitrogens with zero attached hydrogens (tertiary/aromatic N) is 2. The van der Waals surface area contributed by atoms with Gasteiger partial charge in [-0.25, -0.2) is 14.8 Å². The lowest BCUT2D eigenvalue weighted by Gasteiger charge is -2.15. The summed E-state index contributed by atoms with van der Waals surface area (Å²) in [7, 11) is 2.76. The second kappa shape index (κ2) is 11.9. The number of hydrogen-bond acceptors (Lipinski definition) is 7. The van der Waals surface area contributed by atoms with Gasteiger partial charge >= 0.3 is 5.97 Å². The third-order valence-electron chi connectivity index (χ3n) is 4.53. The highest BCUT2D eigenvalue weighted by atomic mass is 35.5. The van der Waals surface area contributed by atoms with Crippen LogP contribution in [0.2, 0.25) is 10.0 Å². The van der Waals surface area contributed by atoms with Crippen LogP contribution in [0.5, 0.6) is 5.88 Å². The number of anilines is 2. The van der Waals surface area contributed by atoms with Crippen molar-refractivity contribution < 1.29 is 19.1 Å². The first-order valence-corrected chi connectivity index (χ1v) is 10.7. The van der Waals surface area contributed by atoms with Gasteiger partial charge in [0.1, 0.15) is 18.2 Å². The van der Waals surface area contributed by atoms with E-state index in [2.05, 4.69) is 32.4 Å². The van der Waals surface area contributed by atoms with E-state index in [1.54, 1.807) is 12.1 Å². The minimum atomic E-state index is -0.994. The van der Waals surface area contributed by atoms with Crippen molar-refractivity contribution in [3.8, 4) is 17.7 Å². The average molecular weight is 499 g/mol. The number of rotatable bonds is 7. The summed E-state index contributed by atoms with van der Waals surface area (Å²) in [6.45, 7) is 0. The molecule has 34 heavy (non-hydrogen) atoms. The van der Waals surface area contributed by atoms with Crippen molar-refractivity contribution >= 4 is 46.6 Å². The summed E-state index contributed by atoms with van der Waals surface area (Å²) in [5, 5.41) is 6.07. The van der Waals surface area contributed by atoms with Crippen LogP contribution >= 0.6 is 23.2 Å². The summed E-state index contributed by atoms with van der Waals surface area (Å²) in [4.78, 5) is 32.9. The van der Waals surface area contributed by atoms with Gasteiger partial charge in [0.15, 0.2) is 0 Å². The summed E-state index contributed by atoms with van der Waals surface area (Å²) in [6.07, 6.45) is 1.43. The van der Waals surface area contributed by atoms with Gasteiger partial charge in [0, 0.05) is 23.7 Å². The maximum Gasteiger partial charge on any atom is 0.329 e. The molecule has 2 N–H and O–H groups in total. The van der Waals surface area contributed by atoms with E-state index in [0.717, 1.165) is 11.3 Å². The van der Waals surface area contributed by atoms with Crippen LogP contribution < -0.4 is 15.4 Å². The molecule has 3 aromatic rings. The second-order valence-corrected chi connectivity index (χ2v) is 7.61. The van der Waals surface area contributed by atoms with Crippen LogP contribution in [0, 0.1) is 11.8 Å². The quantitative estimate of drug-likeness (QED) is 0.370. The number of halogens is 2. The predicted octanol–water partition coefficient (Wildman–Crippen LogP) is 4.25. The Hall–Kier alpha value is -3.80. The molecule has 1 unspecified atom stereocenters. The molecule has 10 heteroatoms. The van der Waals surface area contributed by atoms with Crippen LogP contribution in [-0.2, 0) is 9.53 Å². The Morgan fingerprint density at radius 2 is 1.76 bits per heavy atom. The Labute approximate surface area is 206 Å². The van der Waals surface area contributed by atoms with Gasteiger partial charge in [0.05, 0.1) is 29.8 Å². The highest BCUT2D eigenvalue weighted by Crippen LogP contribution is 2.24. The zero-order chi connectivity index (χ0) is 24.5. The number of benzene rings is 2. The fourth-order valence-corrected chi connectivity index (χ4v) is 3.41. The molecule has 8 nitrogen and oxygen atoms in total. The minimum Gasteiger partial charge on any atom is -0.481 e. The van der Waals surface area contributed by atoms with Crippen LogP contribution in [0.1, 0.15) is 22.3 Å². The lowest BCUT2D eigenvalue weighted by atomic mass is 10.1. The molecular weight excluding hydrogens is 479 g/mol. The molecule has 0 bridgehead atoms. The topological polar surface area (TPSA) is 102 Å². The molecule has 174 valence electrons. The molecule has 1 heterocycles. The SMILES string of the molecule is COC(=O)C(CC#Cc1ccc(Nc2cc(OC)ncn2)cc1)NC(=O)c1c(Cl)cccc1Cl. The maximum atomic E-state index is 12.6. The molecule has 2 aromatic carbocycles. The average Bonchev–Trinajstić information content (AvgIpc) is 2.84. The third kappa shape index (κ3) is 6.61. The summed E-state index contributed by atoms with van der Waals surface area (Å²) >= 11 is 12.2. The summed E-state index contributed by atoms with van der Waals surface area (Å²) in [5.74, 6) is 5.67. The van der Waals surface area contributed by atoms with Crippen LogP contribution in [0.3, 0.4) is 0 Å². The van der Waals surface area contributed by atoms with Crippen molar-refractivity contribution in [1.29, 1.82) is 0 Å². The second-order valence-electron chi connectivity index (χ2n) is 6.80. The van der Waals surface area contributed by atoms with Gasteiger partial charge < -0.3 is 20.1 Å². The molecule has 1 amide bonds. The number of nitrogens with one attached hydrogen (secondary N) is 2. The minimum absolute atomic E-state index is 0.0290. The van der Waals surface area contributed by atoms with Crippen molar-refractivity contribution in [3.63, 3.8) is 0 Å². The standard InChI is InChI=1S/C24H20Cl2N4O4/c1-33-21-13-20(27-14-28-21)29-16-11-9-15(10-12-16)5-3-8-19(24(32)34-2)30-23(31)22-17(25)6-4-7-18(22)26/h4,6-7,9-14,19H,8H2,1-2H3,(H,30,31)(H,27,28,29). The van der Waals surface area contributed by atoms with E-state index in [1.807, 2.05) is 24.3 Å². The fourth-order valence-electron chi connectivity index (χ4n) is 2.84. The van der Waals surface area contributed by atoms with Crippen LogP contribution in [0.25, 0.3) is 0 Å².